The van der Waals surface area contributed by atoms with Crippen LogP contribution in [0.4, 0.5) is 0 Å². The molecule has 0 aliphatic carbocycles. The van der Waals surface area contributed by atoms with Gasteiger partial charge in [0.2, 0.25) is 0 Å². The second-order valence-electron chi connectivity index (χ2n) is 6.05. The van der Waals surface area contributed by atoms with Gasteiger partial charge in [-0.1, -0.05) is 25.1 Å². The average Bonchev–Trinajstić information content (AvgIpc) is 2.64. The Morgan fingerprint density at radius 1 is 1.20 bits per heavy atom. The molecule has 1 atom stereocenters. The van der Waals surface area contributed by atoms with Crippen molar-refractivity contribution in [1.82, 2.24) is 15.6 Å². The van der Waals surface area contributed by atoms with Gasteiger partial charge in [-0.15, -0.1) is 0 Å². The number of rotatable bonds is 7. The van der Waals surface area contributed by atoms with Crippen LogP contribution in [0, 0.1) is 6.92 Å². The van der Waals surface area contributed by atoms with E-state index in [0.29, 0.717) is 13.1 Å². The van der Waals surface area contributed by atoms with Crippen LogP contribution in [0.15, 0.2) is 47.6 Å². The summed E-state index contributed by atoms with van der Waals surface area (Å²) in [6.45, 7) is 7.57. The molecule has 0 bridgehead atoms. The van der Waals surface area contributed by atoms with Gasteiger partial charge in [-0.05, 0) is 44.0 Å². The van der Waals surface area contributed by atoms with E-state index in [-0.39, 0.29) is 6.10 Å². The molecule has 1 heterocycles. The highest BCUT2D eigenvalue weighted by molar-refractivity contribution is 5.79. The molecule has 0 amide bonds. The molecule has 5 nitrogen and oxygen atoms in total. The fraction of sp³-hybridized carbons (Fsp3) is 0.400. The van der Waals surface area contributed by atoms with Gasteiger partial charge in [0.05, 0.1) is 18.3 Å². The summed E-state index contributed by atoms with van der Waals surface area (Å²) in [6.07, 6.45) is 2.97. The van der Waals surface area contributed by atoms with E-state index in [1.807, 2.05) is 18.2 Å². The zero-order chi connectivity index (χ0) is 18.1. The van der Waals surface area contributed by atoms with Gasteiger partial charge in [0.1, 0.15) is 5.75 Å². The molecule has 0 aliphatic rings. The van der Waals surface area contributed by atoms with E-state index in [2.05, 4.69) is 59.6 Å². The molecule has 0 aliphatic heterocycles. The van der Waals surface area contributed by atoms with Crippen molar-refractivity contribution in [1.29, 1.82) is 0 Å². The molecular formula is C20H28N4O. The van der Waals surface area contributed by atoms with Gasteiger partial charge in [-0.2, -0.15) is 0 Å². The van der Waals surface area contributed by atoms with E-state index >= 15 is 0 Å². The van der Waals surface area contributed by atoms with Crippen LogP contribution < -0.4 is 15.4 Å². The number of benzene rings is 1. The molecule has 2 aromatic rings. The molecule has 0 saturated heterocycles. The first kappa shape index (κ1) is 18.8. The number of aryl methyl sites for hydroxylation is 1. The number of pyridine rings is 1. The van der Waals surface area contributed by atoms with Gasteiger partial charge >= 0.3 is 0 Å². The van der Waals surface area contributed by atoms with E-state index in [0.717, 1.165) is 29.4 Å². The van der Waals surface area contributed by atoms with Gasteiger partial charge in [0.15, 0.2) is 5.96 Å². The Morgan fingerprint density at radius 2 is 2.00 bits per heavy atom. The standard InChI is InChI=1S/C20H28N4O/c1-5-16(3)25-19-12-15(2)9-10-17(19)13-23-20(21-4)24-14-18-8-6-7-11-22-18/h6-12,16H,5,13-14H2,1-4H3,(H2,21,23,24). The lowest BCUT2D eigenvalue weighted by molar-refractivity contribution is 0.215. The van der Waals surface area contributed by atoms with E-state index in [9.17, 15) is 0 Å². The lowest BCUT2D eigenvalue weighted by atomic mass is 10.1. The number of hydrogen-bond acceptors (Lipinski definition) is 3. The van der Waals surface area contributed by atoms with Crippen LogP contribution in [0.5, 0.6) is 5.75 Å². The summed E-state index contributed by atoms with van der Waals surface area (Å²) in [5.74, 6) is 1.67. The van der Waals surface area contributed by atoms with Crippen LogP contribution in [0.25, 0.3) is 0 Å². The predicted molar refractivity (Wildman–Crippen MR) is 103 cm³/mol. The van der Waals surface area contributed by atoms with Gasteiger partial charge in [0.25, 0.3) is 0 Å². The Kier molecular flexibility index (Phi) is 7.26. The minimum absolute atomic E-state index is 0.196. The molecule has 1 aromatic carbocycles. The number of aliphatic imine (C=N–C) groups is 1. The summed E-state index contributed by atoms with van der Waals surface area (Å²) in [5.41, 5.74) is 3.29. The second kappa shape index (κ2) is 9.67. The van der Waals surface area contributed by atoms with Crippen molar-refractivity contribution in [3.63, 3.8) is 0 Å². The highest BCUT2D eigenvalue weighted by atomic mass is 16.5. The van der Waals surface area contributed by atoms with Crippen LogP contribution in [0.3, 0.4) is 0 Å². The van der Waals surface area contributed by atoms with E-state index in [1.165, 1.54) is 5.56 Å². The Balaban J connectivity index is 1.96. The lowest BCUT2D eigenvalue weighted by Gasteiger charge is -2.18. The third kappa shape index (κ3) is 6.10. The van der Waals surface area contributed by atoms with Gasteiger partial charge in [-0.3, -0.25) is 9.98 Å². The maximum atomic E-state index is 6.06. The molecule has 0 spiro atoms. The van der Waals surface area contributed by atoms with E-state index < -0.39 is 0 Å². The van der Waals surface area contributed by atoms with Crippen LogP contribution in [0.2, 0.25) is 0 Å². The first-order chi connectivity index (χ1) is 12.1. The molecule has 1 unspecified atom stereocenters. The summed E-state index contributed by atoms with van der Waals surface area (Å²) >= 11 is 0. The normalized spacial score (nSPS) is 12.6. The largest absolute Gasteiger partial charge is 0.490 e. The molecule has 2 N–H and O–H groups in total. The minimum atomic E-state index is 0.196. The molecule has 0 saturated carbocycles. The number of ether oxygens (including phenoxy) is 1. The first-order valence-electron chi connectivity index (χ1n) is 8.73. The first-order valence-corrected chi connectivity index (χ1v) is 8.73. The van der Waals surface area contributed by atoms with Crippen LogP contribution >= 0.6 is 0 Å². The van der Waals surface area contributed by atoms with E-state index in [1.54, 1.807) is 13.2 Å². The maximum Gasteiger partial charge on any atom is 0.191 e. The summed E-state index contributed by atoms with van der Waals surface area (Å²) in [7, 11) is 1.76. The third-order valence-electron chi connectivity index (χ3n) is 3.96. The quantitative estimate of drug-likeness (QED) is 0.599. The van der Waals surface area contributed by atoms with Crippen LogP contribution in [-0.4, -0.2) is 24.1 Å². The Hall–Kier alpha value is -2.56. The Labute approximate surface area is 150 Å². The fourth-order valence-electron chi connectivity index (χ4n) is 2.29. The predicted octanol–water partition coefficient (Wildman–Crippen LogP) is 3.43. The zero-order valence-electron chi connectivity index (χ0n) is 15.5. The Bertz CT molecular complexity index is 685. The topological polar surface area (TPSA) is 58.5 Å². The zero-order valence-corrected chi connectivity index (χ0v) is 15.5. The summed E-state index contributed by atoms with van der Waals surface area (Å²) in [4.78, 5) is 8.57. The van der Waals surface area contributed by atoms with Crippen molar-refractivity contribution in [3.05, 3.63) is 59.4 Å². The second-order valence-corrected chi connectivity index (χ2v) is 6.05. The SMILES string of the molecule is CCC(C)Oc1cc(C)ccc1CNC(=NC)NCc1ccccn1. The molecule has 134 valence electrons. The summed E-state index contributed by atoms with van der Waals surface area (Å²) in [6, 6.07) is 12.2. The van der Waals surface area contributed by atoms with Crippen LogP contribution in [-0.2, 0) is 13.1 Å². The van der Waals surface area contributed by atoms with Crippen molar-refractivity contribution >= 4 is 5.96 Å². The van der Waals surface area contributed by atoms with Gasteiger partial charge < -0.3 is 15.4 Å². The third-order valence-corrected chi connectivity index (χ3v) is 3.96. The van der Waals surface area contributed by atoms with E-state index in [4.69, 9.17) is 4.74 Å². The number of nitrogens with zero attached hydrogens (tertiary/aromatic N) is 2. The van der Waals surface area contributed by atoms with Crippen molar-refractivity contribution in [2.75, 3.05) is 7.05 Å². The van der Waals surface area contributed by atoms with Crippen molar-refractivity contribution in [3.8, 4) is 5.75 Å². The number of nitrogens with one attached hydrogen (secondary N) is 2. The van der Waals surface area contributed by atoms with Crippen LogP contribution in [0.1, 0.15) is 37.1 Å². The summed E-state index contributed by atoms with van der Waals surface area (Å²) < 4.78 is 6.06. The molecule has 25 heavy (non-hydrogen) atoms. The Morgan fingerprint density at radius 3 is 2.68 bits per heavy atom. The smallest absolute Gasteiger partial charge is 0.191 e. The van der Waals surface area contributed by atoms with Crippen molar-refractivity contribution in [2.24, 2.45) is 4.99 Å². The highest BCUT2D eigenvalue weighted by Gasteiger charge is 2.09. The maximum absolute atomic E-state index is 6.06. The fourth-order valence-corrected chi connectivity index (χ4v) is 2.29. The molecule has 0 fully saturated rings. The molecule has 1 aromatic heterocycles. The minimum Gasteiger partial charge on any atom is -0.490 e. The van der Waals surface area contributed by atoms with Crippen molar-refractivity contribution < 1.29 is 4.74 Å². The lowest BCUT2D eigenvalue weighted by Crippen LogP contribution is -2.36. The molecular weight excluding hydrogens is 312 g/mol. The van der Waals surface area contributed by atoms with Crippen molar-refractivity contribution in [2.45, 2.75) is 46.4 Å². The highest BCUT2D eigenvalue weighted by Crippen LogP contribution is 2.22. The molecule has 0 radical (unpaired) electrons. The molecule has 2 rings (SSSR count). The average molecular weight is 340 g/mol. The monoisotopic (exact) mass is 340 g/mol. The number of hydrogen-bond donors (Lipinski definition) is 2. The number of guanidine groups is 1. The number of aromatic nitrogens is 1. The van der Waals surface area contributed by atoms with Gasteiger partial charge in [0, 0.05) is 25.4 Å². The summed E-state index contributed by atoms with van der Waals surface area (Å²) in [5, 5.41) is 6.61. The molecule has 5 heteroatoms. The van der Waals surface area contributed by atoms with Gasteiger partial charge in [-0.25, -0.2) is 0 Å².